The van der Waals surface area contributed by atoms with Crippen LogP contribution in [-0.4, -0.2) is 4.92 Å². The molecule has 0 spiro atoms. The van der Waals surface area contributed by atoms with Crippen LogP contribution in [0, 0.1) is 24.0 Å². The van der Waals surface area contributed by atoms with Gasteiger partial charge in [-0.2, -0.15) is 0 Å². The van der Waals surface area contributed by atoms with E-state index in [0.29, 0.717) is 5.56 Å². The summed E-state index contributed by atoms with van der Waals surface area (Å²) in [6, 6.07) is 14.8. The first-order valence-corrected chi connectivity index (χ1v) is 6.07. The average Bonchev–Trinajstić information content (AvgIpc) is 2.39. The van der Waals surface area contributed by atoms with Crippen LogP contribution in [0.1, 0.15) is 22.3 Å². The molecule has 0 atom stereocenters. The molecule has 0 heterocycles. The van der Waals surface area contributed by atoms with Gasteiger partial charge in [-0.3, -0.25) is 10.1 Å². The van der Waals surface area contributed by atoms with Gasteiger partial charge in [-0.15, -0.1) is 0 Å². The summed E-state index contributed by atoms with van der Waals surface area (Å²) in [7, 11) is 0. The highest BCUT2D eigenvalue weighted by atomic mass is 16.6. The molecule has 2 rings (SSSR count). The van der Waals surface area contributed by atoms with Crippen LogP contribution in [0.25, 0.3) is 11.8 Å². The lowest BCUT2D eigenvalue weighted by atomic mass is 10.0. The van der Waals surface area contributed by atoms with Gasteiger partial charge in [0, 0.05) is 6.08 Å². The number of aryl methyl sites for hydroxylation is 2. The van der Waals surface area contributed by atoms with Crippen molar-refractivity contribution in [1.82, 2.24) is 0 Å². The fourth-order valence-corrected chi connectivity index (χ4v) is 2.04. The molecule has 0 saturated heterocycles. The van der Waals surface area contributed by atoms with E-state index < -0.39 is 0 Å². The lowest BCUT2D eigenvalue weighted by Crippen LogP contribution is -1.98. The van der Waals surface area contributed by atoms with Crippen molar-refractivity contribution in [3.05, 3.63) is 80.9 Å². The summed E-state index contributed by atoms with van der Waals surface area (Å²) in [6.45, 7) is 3.92. The third kappa shape index (κ3) is 2.88. The van der Waals surface area contributed by atoms with Gasteiger partial charge in [-0.1, -0.05) is 36.4 Å². The van der Waals surface area contributed by atoms with E-state index in [0.717, 1.165) is 16.7 Å². The Hall–Kier alpha value is -2.42. The molecule has 0 N–H and O–H groups in total. The Balaban J connectivity index is 2.57. The molecule has 0 aromatic heterocycles. The largest absolute Gasteiger partial charge is 0.277 e. The standard InChI is InChI=1S/C16H15NO2/c1-12-7-6-8-13(2)15(12)11-16(17(18)19)14-9-4-3-5-10-14/h3-11H,1-2H3/b16-11+. The van der Waals surface area contributed by atoms with E-state index in [1.807, 2.05) is 38.1 Å². The molecule has 0 aliphatic rings. The summed E-state index contributed by atoms with van der Waals surface area (Å²) in [4.78, 5) is 10.9. The molecule has 96 valence electrons. The molecule has 0 fully saturated rings. The average molecular weight is 253 g/mol. The van der Waals surface area contributed by atoms with E-state index in [-0.39, 0.29) is 10.6 Å². The van der Waals surface area contributed by atoms with Crippen LogP contribution in [0.2, 0.25) is 0 Å². The van der Waals surface area contributed by atoms with E-state index >= 15 is 0 Å². The Bertz CT molecular complexity index is 610. The van der Waals surface area contributed by atoms with Crippen molar-refractivity contribution in [3.63, 3.8) is 0 Å². The highest BCUT2D eigenvalue weighted by Gasteiger charge is 2.14. The Labute approximate surface area is 112 Å². The predicted octanol–water partition coefficient (Wildman–Crippen LogP) is 4.08. The van der Waals surface area contributed by atoms with Crippen molar-refractivity contribution in [2.24, 2.45) is 0 Å². The van der Waals surface area contributed by atoms with E-state index in [1.165, 1.54) is 0 Å². The molecule has 0 radical (unpaired) electrons. The molecule has 0 saturated carbocycles. The lowest BCUT2D eigenvalue weighted by molar-refractivity contribution is -0.374. The molecule has 0 amide bonds. The van der Waals surface area contributed by atoms with Crippen LogP contribution in [0.4, 0.5) is 0 Å². The zero-order valence-corrected chi connectivity index (χ0v) is 11.0. The highest BCUT2D eigenvalue weighted by molar-refractivity contribution is 5.78. The van der Waals surface area contributed by atoms with Crippen molar-refractivity contribution >= 4 is 11.8 Å². The molecule has 0 aliphatic heterocycles. The first-order valence-electron chi connectivity index (χ1n) is 6.07. The van der Waals surface area contributed by atoms with Crippen molar-refractivity contribution in [1.29, 1.82) is 0 Å². The second-order valence-electron chi connectivity index (χ2n) is 4.46. The summed E-state index contributed by atoms with van der Waals surface area (Å²) >= 11 is 0. The normalized spacial score (nSPS) is 11.4. The molecule has 19 heavy (non-hydrogen) atoms. The Morgan fingerprint density at radius 2 is 1.58 bits per heavy atom. The van der Waals surface area contributed by atoms with Gasteiger partial charge in [0.15, 0.2) is 0 Å². The van der Waals surface area contributed by atoms with E-state index in [1.54, 1.807) is 30.3 Å². The smallest absolute Gasteiger partial charge is 0.258 e. The van der Waals surface area contributed by atoms with Gasteiger partial charge in [0.05, 0.1) is 10.5 Å². The number of hydrogen-bond donors (Lipinski definition) is 0. The third-order valence-electron chi connectivity index (χ3n) is 3.09. The Morgan fingerprint density at radius 3 is 2.11 bits per heavy atom. The first kappa shape index (κ1) is 13.0. The van der Waals surface area contributed by atoms with Gasteiger partial charge in [0.1, 0.15) is 0 Å². The quantitative estimate of drug-likeness (QED) is 0.470. The molecule has 3 nitrogen and oxygen atoms in total. The lowest BCUT2D eigenvalue weighted by Gasteiger charge is -2.05. The predicted molar refractivity (Wildman–Crippen MR) is 77.2 cm³/mol. The van der Waals surface area contributed by atoms with Gasteiger partial charge in [-0.05, 0) is 42.7 Å². The molecule has 0 aliphatic carbocycles. The Morgan fingerprint density at radius 1 is 1.00 bits per heavy atom. The minimum absolute atomic E-state index is 0.123. The van der Waals surface area contributed by atoms with Gasteiger partial charge < -0.3 is 0 Å². The van der Waals surface area contributed by atoms with Crippen molar-refractivity contribution < 1.29 is 4.92 Å². The summed E-state index contributed by atoms with van der Waals surface area (Å²) in [5.41, 5.74) is 3.73. The third-order valence-corrected chi connectivity index (χ3v) is 3.09. The molecular weight excluding hydrogens is 238 g/mol. The van der Waals surface area contributed by atoms with Crippen LogP contribution < -0.4 is 0 Å². The summed E-state index contributed by atoms with van der Waals surface area (Å²) in [5, 5.41) is 11.3. The second-order valence-corrected chi connectivity index (χ2v) is 4.46. The van der Waals surface area contributed by atoms with Gasteiger partial charge in [0.2, 0.25) is 0 Å². The number of nitro groups is 1. The summed E-state index contributed by atoms with van der Waals surface area (Å²) in [6.07, 6.45) is 1.65. The van der Waals surface area contributed by atoms with Crippen molar-refractivity contribution in [2.45, 2.75) is 13.8 Å². The van der Waals surface area contributed by atoms with Crippen LogP contribution in [0.15, 0.2) is 48.5 Å². The van der Waals surface area contributed by atoms with Crippen molar-refractivity contribution in [2.75, 3.05) is 0 Å². The fraction of sp³-hybridized carbons (Fsp3) is 0.125. The van der Waals surface area contributed by atoms with Gasteiger partial charge in [-0.25, -0.2) is 0 Å². The molecule has 0 unspecified atom stereocenters. The molecule has 0 bridgehead atoms. The van der Waals surface area contributed by atoms with Crippen LogP contribution in [0.5, 0.6) is 0 Å². The highest BCUT2D eigenvalue weighted by Crippen LogP contribution is 2.22. The fourth-order valence-electron chi connectivity index (χ4n) is 2.04. The van der Waals surface area contributed by atoms with Gasteiger partial charge >= 0.3 is 0 Å². The van der Waals surface area contributed by atoms with Crippen LogP contribution >= 0.6 is 0 Å². The zero-order chi connectivity index (χ0) is 13.8. The minimum Gasteiger partial charge on any atom is -0.258 e. The van der Waals surface area contributed by atoms with E-state index in [2.05, 4.69) is 0 Å². The number of nitrogens with zero attached hydrogens (tertiary/aromatic N) is 1. The summed E-state index contributed by atoms with van der Waals surface area (Å²) in [5.74, 6) is 0. The maximum absolute atomic E-state index is 11.3. The monoisotopic (exact) mass is 253 g/mol. The number of rotatable bonds is 3. The Kier molecular flexibility index (Phi) is 3.76. The van der Waals surface area contributed by atoms with Crippen molar-refractivity contribution in [3.8, 4) is 0 Å². The SMILES string of the molecule is Cc1cccc(C)c1/C=C(\c1ccccc1)[N+](=O)[O-]. The van der Waals surface area contributed by atoms with Crippen LogP contribution in [-0.2, 0) is 0 Å². The first-order chi connectivity index (χ1) is 9.09. The molecule has 2 aromatic rings. The molecule has 2 aromatic carbocycles. The number of hydrogen-bond acceptors (Lipinski definition) is 2. The summed E-state index contributed by atoms with van der Waals surface area (Å²) < 4.78 is 0. The van der Waals surface area contributed by atoms with E-state index in [9.17, 15) is 10.1 Å². The van der Waals surface area contributed by atoms with Crippen LogP contribution in [0.3, 0.4) is 0 Å². The zero-order valence-electron chi connectivity index (χ0n) is 11.0. The maximum atomic E-state index is 11.3. The molecule has 3 heteroatoms. The van der Waals surface area contributed by atoms with Gasteiger partial charge in [0.25, 0.3) is 5.70 Å². The number of benzene rings is 2. The second kappa shape index (κ2) is 5.48. The van der Waals surface area contributed by atoms with E-state index in [4.69, 9.17) is 0 Å². The topological polar surface area (TPSA) is 43.1 Å². The molecular formula is C16H15NO2. The maximum Gasteiger partial charge on any atom is 0.277 e. The minimum atomic E-state index is -0.332.